The molecule has 12 heteroatoms. The second kappa shape index (κ2) is 12.0. The number of H-pyrrole nitrogens is 2. The van der Waals surface area contributed by atoms with Crippen molar-refractivity contribution in [3.63, 3.8) is 0 Å². The molecule has 0 aliphatic carbocycles. The lowest BCUT2D eigenvalue weighted by atomic mass is 9.91. The molecular weight excluding hydrogens is 596 g/mol. The van der Waals surface area contributed by atoms with E-state index in [-0.39, 0.29) is 42.5 Å². The molecule has 11 nitrogen and oxygen atoms in total. The van der Waals surface area contributed by atoms with Gasteiger partial charge in [-0.2, -0.15) is 9.78 Å². The average molecular weight is 638 g/mol. The molecule has 6 N–H and O–H groups in total. The van der Waals surface area contributed by atoms with Crippen LogP contribution in [0.4, 0.5) is 0 Å². The molecule has 2 aromatic heterocycles. The second-order valence-electron chi connectivity index (χ2n) is 12.6. The van der Waals surface area contributed by atoms with E-state index in [4.69, 9.17) is 9.78 Å². The first-order valence-corrected chi connectivity index (χ1v) is 16.6. The molecule has 3 saturated heterocycles. The first-order valence-electron chi connectivity index (χ1n) is 15.4. The van der Waals surface area contributed by atoms with Crippen LogP contribution in [0.15, 0.2) is 29.5 Å². The van der Waals surface area contributed by atoms with Crippen LogP contribution < -0.4 is 10.6 Å². The summed E-state index contributed by atoms with van der Waals surface area (Å²) in [6.45, 7) is 11.7. The van der Waals surface area contributed by atoms with Gasteiger partial charge in [0, 0.05) is 65.6 Å². The Morgan fingerprint density at radius 1 is 1.09 bits per heavy atom. The molecule has 6 heterocycles. The van der Waals surface area contributed by atoms with E-state index in [0.29, 0.717) is 36.5 Å². The molecule has 0 radical (unpaired) electrons. The van der Waals surface area contributed by atoms with Crippen molar-refractivity contribution in [3.8, 4) is 0 Å². The number of carboxylic acid groups (broad SMARTS) is 1. The van der Waals surface area contributed by atoms with Gasteiger partial charge in [0.15, 0.2) is 11.0 Å². The summed E-state index contributed by atoms with van der Waals surface area (Å²) in [7, 11) is 0. The van der Waals surface area contributed by atoms with Crippen LogP contribution in [0.2, 0.25) is 0 Å². The normalized spacial score (nSPS) is 26.0. The number of allylic oxidation sites excluding steroid dienone is 1. The lowest BCUT2D eigenvalue weighted by Crippen LogP contribution is -2.30. The van der Waals surface area contributed by atoms with E-state index in [9.17, 15) is 24.6 Å². The summed E-state index contributed by atoms with van der Waals surface area (Å²) in [6.07, 6.45) is 5.69. The van der Waals surface area contributed by atoms with Crippen molar-refractivity contribution < 1.29 is 34.4 Å². The number of hydrogen-bond acceptors (Lipinski definition) is 6. The van der Waals surface area contributed by atoms with Gasteiger partial charge in [-0.3, -0.25) is 14.4 Å². The topological polar surface area (TPSA) is 172 Å². The van der Waals surface area contributed by atoms with Gasteiger partial charge in [0.05, 0.1) is 12.0 Å². The third-order valence-electron chi connectivity index (χ3n) is 9.78. The zero-order valence-electron chi connectivity index (χ0n) is 26.0. The monoisotopic (exact) mass is 637 g/mol. The first kappa shape index (κ1) is 31.4. The van der Waals surface area contributed by atoms with Crippen LogP contribution in [0, 0.1) is 25.7 Å². The van der Waals surface area contributed by atoms with E-state index in [1.165, 1.54) is 11.8 Å². The molecule has 4 aliphatic heterocycles. The Labute approximate surface area is 265 Å². The van der Waals surface area contributed by atoms with E-state index >= 15 is 0 Å². The fourth-order valence-corrected chi connectivity index (χ4v) is 7.89. The van der Waals surface area contributed by atoms with Crippen LogP contribution in [0.5, 0.6) is 0 Å². The highest BCUT2D eigenvalue weighted by Gasteiger charge is 2.52. The summed E-state index contributed by atoms with van der Waals surface area (Å²) in [4.78, 5) is 53.4. The van der Waals surface area contributed by atoms with Crippen LogP contribution >= 0.6 is 0 Å². The smallest absolute Gasteiger partial charge is 0.338 e. The second-order valence-corrected chi connectivity index (χ2v) is 14.0. The number of aromatic amines is 2. The van der Waals surface area contributed by atoms with Gasteiger partial charge >= 0.3 is 11.9 Å². The Balaban J connectivity index is 1.35. The van der Waals surface area contributed by atoms with E-state index in [1.54, 1.807) is 6.08 Å². The zero-order chi connectivity index (χ0) is 32.2. The molecule has 6 rings (SSSR count). The summed E-state index contributed by atoms with van der Waals surface area (Å²) in [5, 5.41) is 26.4. The molecule has 0 aromatic carbocycles. The zero-order valence-corrected chi connectivity index (χ0v) is 26.9. The van der Waals surface area contributed by atoms with Crippen molar-refractivity contribution in [2.75, 3.05) is 5.75 Å². The van der Waals surface area contributed by atoms with Gasteiger partial charge in [0.25, 0.3) is 5.91 Å². The molecule has 2 amide bonds. The first-order chi connectivity index (χ1) is 21.4. The lowest BCUT2D eigenvalue weighted by molar-refractivity contribution is -0.137. The van der Waals surface area contributed by atoms with Gasteiger partial charge in [-0.15, -0.1) is 0 Å². The molecular formula is C33H41N4O7S+. The Morgan fingerprint density at radius 2 is 1.78 bits per heavy atom. The number of carbonyl (C=O) groups excluding carboxylic acids is 2. The highest BCUT2D eigenvalue weighted by atomic mass is 32.2. The number of thiol groups is 1. The molecule has 4 atom stereocenters. The van der Waals surface area contributed by atoms with Gasteiger partial charge in [-0.05, 0) is 79.3 Å². The van der Waals surface area contributed by atoms with Crippen molar-refractivity contribution in [2.24, 2.45) is 11.8 Å². The van der Waals surface area contributed by atoms with E-state index in [1.807, 2.05) is 33.8 Å². The lowest BCUT2D eigenvalue weighted by Gasteiger charge is -2.12. The maximum Gasteiger partial charge on any atom is 0.338 e. The fourth-order valence-electron chi connectivity index (χ4n) is 6.89. The SMILES string of the molecule is C=CC1=C(C)[C@@H](Cc2[nH]c(Cc3[nH]c(/C=C4\NC(=O)[C@H](C)[C@H]4[C@H]4C[SH+]4)c(C)c3CCC3(O)OO3)c(CCC(=O)O)c2C)NC1=O. The molecule has 0 saturated carbocycles. The van der Waals surface area contributed by atoms with Crippen LogP contribution in [0.1, 0.15) is 71.7 Å². The van der Waals surface area contributed by atoms with Crippen LogP contribution in [0.25, 0.3) is 6.08 Å². The predicted octanol–water partition coefficient (Wildman–Crippen LogP) is 2.57. The van der Waals surface area contributed by atoms with Gasteiger partial charge in [-0.1, -0.05) is 19.6 Å². The quantitative estimate of drug-likeness (QED) is 0.0848. The van der Waals surface area contributed by atoms with Crippen molar-refractivity contribution in [2.45, 2.75) is 83.5 Å². The molecule has 240 valence electrons. The third kappa shape index (κ3) is 6.29. The van der Waals surface area contributed by atoms with Gasteiger partial charge in [-0.25, -0.2) is 0 Å². The number of amides is 2. The maximum atomic E-state index is 12.6. The number of aliphatic hydroxyl groups is 1. The van der Waals surface area contributed by atoms with Gasteiger partial charge in [0.2, 0.25) is 5.91 Å². The van der Waals surface area contributed by atoms with Crippen LogP contribution in [-0.4, -0.2) is 61.0 Å². The highest BCUT2D eigenvalue weighted by molar-refractivity contribution is 7.86. The molecule has 45 heavy (non-hydrogen) atoms. The molecule has 0 spiro atoms. The van der Waals surface area contributed by atoms with Crippen molar-refractivity contribution in [3.05, 3.63) is 74.5 Å². The standard InChI is InChI=1S/C33H40N4O7S/c1-6-19-15(2)24(36-32(19)41)11-22-16(3)20(7-8-29(38)39)25(34-22)13-26-21(9-10-33(42)43-44-33)17(4)23(35-26)12-27-30(28-14-45-28)18(5)31(40)37-27/h6,12,18,24,28,30,34-35,42H,1,7-11,13-14H2,2-5H3,(H,36,41)(H,37,40)(H,38,39)/p+1/b27-12-/t18-,24-,28-,30-/m1/s1. The maximum absolute atomic E-state index is 12.6. The van der Waals surface area contributed by atoms with Gasteiger partial charge < -0.3 is 30.8 Å². The Bertz CT molecular complexity index is 1640. The summed E-state index contributed by atoms with van der Waals surface area (Å²) < 4.78 is 0. The average Bonchev–Trinajstić information content (AvgIpc) is 3.86. The number of carboxylic acids is 1. The Hall–Kier alpha value is -3.58. The van der Waals surface area contributed by atoms with Crippen molar-refractivity contribution >= 4 is 35.6 Å². The van der Waals surface area contributed by atoms with E-state index in [0.717, 1.165) is 62.1 Å². The number of carbonyl (C=O) groups is 3. The fraction of sp³-hybridized carbons (Fsp3) is 0.485. The highest BCUT2D eigenvalue weighted by Crippen LogP contribution is 2.39. The Morgan fingerprint density at radius 3 is 2.40 bits per heavy atom. The minimum absolute atomic E-state index is 0.0136. The number of aliphatic carboxylic acids is 1. The Kier molecular flexibility index (Phi) is 8.36. The number of hydrogen-bond donors (Lipinski definition) is 6. The number of rotatable bonds is 13. The largest absolute Gasteiger partial charge is 0.481 e. The minimum Gasteiger partial charge on any atom is -0.481 e. The van der Waals surface area contributed by atoms with Crippen LogP contribution in [0.3, 0.4) is 0 Å². The molecule has 4 aliphatic rings. The molecule has 0 bridgehead atoms. The third-order valence-corrected chi connectivity index (χ3v) is 10.9. The number of aromatic nitrogens is 2. The number of nitrogens with one attached hydrogen (secondary N) is 4. The van der Waals surface area contributed by atoms with Crippen molar-refractivity contribution in [1.29, 1.82) is 0 Å². The van der Waals surface area contributed by atoms with Crippen LogP contribution in [-0.2, 0) is 61.6 Å². The van der Waals surface area contributed by atoms with Crippen molar-refractivity contribution in [1.82, 2.24) is 20.6 Å². The summed E-state index contributed by atoms with van der Waals surface area (Å²) >= 11 is 1.37. The summed E-state index contributed by atoms with van der Waals surface area (Å²) in [5.74, 6) is -1.37. The molecule has 2 aromatic rings. The minimum atomic E-state index is -1.59. The summed E-state index contributed by atoms with van der Waals surface area (Å²) in [6, 6.07) is -0.188. The van der Waals surface area contributed by atoms with E-state index < -0.39 is 11.9 Å². The summed E-state index contributed by atoms with van der Waals surface area (Å²) in [5.41, 5.74) is 10.0. The molecule has 0 unspecified atom stereocenters. The van der Waals surface area contributed by atoms with Gasteiger partial charge in [0.1, 0.15) is 0 Å². The molecule has 3 fully saturated rings. The predicted molar refractivity (Wildman–Crippen MR) is 170 cm³/mol. The van der Waals surface area contributed by atoms with E-state index in [2.05, 4.69) is 27.2 Å².